The monoisotopic (exact) mass is 721 g/mol. The number of benzene rings is 2. The number of hydrogen-bond donors (Lipinski definition) is 4. The van der Waals surface area contributed by atoms with Gasteiger partial charge in [0, 0.05) is 52.8 Å². The van der Waals surface area contributed by atoms with E-state index < -0.39 is 5.54 Å². The average molecular weight is 722 g/mol. The topological polar surface area (TPSA) is 157 Å². The molecule has 12 nitrogen and oxygen atoms in total. The van der Waals surface area contributed by atoms with Crippen LogP contribution in [-0.2, 0) is 20.9 Å². The van der Waals surface area contributed by atoms with Crippen molar-refractivity contribution < 1.29 is 23.5 Å². The molecule has 13 heteroatoms. The second kappa shape index (κ2) is 14.6. The second-order valence-corrected chi connectivity index (χ2v) is 14.9. The van der Waals surface area contributed by atoms with Gasteiger partial charge in [0.2, 0.25) is 5.91 Å². The molecule has 1 saturated carbocycles. The van der Waals surface area contributed by atoms with Gasteiger partial charge in [-0.05, 0) is 74.0 Å². The van der Waals surface area contributed by atoms with Crippen LogP contribution in [0.25, 0.3) is 33.4 Å². The fourth-order valence-corrected chi connectivity index (χ4v) is 8.59. The summed E-state index contributed by atoms with van der Waals surface area (Å²) in [4.78, 5) is 48.2. The normalized spacial score (nSPS) is 19.6. The van der Waals surface area contributed by atoms with E-state index in [9.17, 15) is 14.4 Å². The highest BCUT2D eigenvalue weighted by atomic mass is 32.1. The lowest BCUT2D eigenvalue weighted by atomic mass is 9.88. The number of rotatable bonds is 9. The van der Waals surface area contributed by atoms with Gasteiger partial charge in [0.1, 0.15) is 12.1 Å². The van der Waals surface area contributed by atoms with Gasteiger partial charge in [0.25, 0.3) is 11.8 Å². The highest BCUT2D eigenvalue weighted by molar-refractivity contribution is 7.13. The number of piperidine rings is 1. The lowest BCUT2D eigenvalue weighted by Gasteiger charge is -2.37. The van der Waals surface area contributed by atoms with Gasteiger partial charge in [-0.3, -0.25) is 14.4 Å². The number of carbonyl (C=O) groups excluding carboxylic acids is 3. The Morgan fingerprint density at radius 3 is 2.52 bits per heavy atom. The number of anilines is 2. The second-order valence-electron chi connectivity index (χ2n) is 14.0. The quantitative estimate of drug-likeness (QED) is 0.153. The van der Waals surface area contributed by atoms with Gasteiger partial charge in [-0.15, -0.1) is 11.3 Å². The van der Waals surface area contributed by atoms with Crippen LogP contribution in [0.3, 0.4) is 0 Å². The highest BCUT2D eigenvalue weighted by Crippen LogP contribution is 2.45. The number of fused-ring (bicyclic) bond motifs is 1. The van der Waals surface area contributed by atoms with E-state index in [1.54, 1.807) is 12.5 Å². The number of furan rings is 1. The van der Waals surface area contributed by atoms with Crippen LogP contribution in [0.1, 0.15) is 60.4 Å². The predicted octanol–water partition coefficient (Wildman–Crippen LogP) is 5.61. The summed E-state index contributed by atoms with van der Waals surface area (Å²) in [6.07, 6.45) is 9.03. The van der Waals surface area contributed by atoms with Crippen molar-refractivity contribution >= 4 is 50.8 Å². The number of nitrogens with two attached hydrogens (primary N) is 1. The molecule has 5 heterocycles. The molecule has 3 aromatic heterocycles. The summed E-state index contributed by atoms with van der Waals surface area (Å²) in [5.74, 6) is -0.298. The minimum absolute atomic E-state index is 0.00502. The Kier molecular flexibility index (Phi) is 9.56. The molecule has 5 aromatic rings. The molecule has 3 fully saturated rings. The van der Waals surface area contributed by atoms with Crippen molar-refractivity contribution in [1.29, 1.82) is 0 Å². The van der Waals surface area contributed by atoms with Crippen LogP contribution in [0.2, 0.25) is 0 Å². The molecular formula is C39H43N7O5S. The number of thiazole rings is 1. The zero-order valence-electron chi connectivity index (χ0n) is 29.0. The summed E-state index contributed by atoms with van der Waals surface area (Å²) in [5, 5.41) is 12.9. The first-order valence-electron chi connectivity index (χ1n) is 18.1. The largest absolute Gasteiger partial charge is 0.472 e. The van der Waals surface area contributed by atoms with E-state index in [2.05, 4.69) is 25.5 Å². The third-order valence-corrected chi connectivity index (χ3v) is 11.4. The van der Waals surface area contributed by atoms with E-state index in [0.717, 1.165) is 72.1 Å². The Morgan fingerprint density at radius 1 is 1.02 bits per heavy atom. The lowest BCUT2D eigenvalue weighted by Crippen LogP contribution is -2.64. The van der Waals surface area contributed by atoms with Crippen LogP contribution in [0.5, 0.6) is 0 Å². The summed E-state index contributed by atoms with van der Waals surface area (Å²) >= 11 is 1.38. The molecule has 3 aliphatic rings. The Balaban J connectivity index is 1.12. The smallest absolute Gasteiger partial charge is 0.252 e. The molecule has 5 N–H and O–H groups in total. The highest BCUT2D eigenvalue weighted by Gasteiger charge is 2.41. The van der Waals surface area contributed by atoms with E-state index in [-0.39, 0.29) is 24.3 Å². The van der Waals surface area contributed by atoms with Crippen molar-refractivity contribution in [3.63, 3.8) is 0 Å². The summed E-state index contributed by atoms with van der Waals surface area (Å²) in [6, 6.07) is 15.1. The third kappa shape index (κ3) is 6.71. The number of morpholine rings is 1. The van der Waals surface area contributed by atoms with Gasteiger partial charge in [-0.25, -0.2) is 4.98 Å². The van der Waals surface area contributed by atoms with Crippen LogP contribution in [0.4, 0.5) is 10.8 Å². The first-order chi connectivity index (χ1) is 25.4. The van der Waals surface area contributed by atoms with Crippen molar-refractivity contribution in [3.05, 3.63) is 77.6 Å². The van der Waals surface area contributed by atoms with Crippen molar-refractivity contribution in [2.24, 2.45) is 0 Å². The Bertz CT molecular complexity index is 2070. The molecule has 0 radical (unpaired) electrons. The minimum atomic E-state index is -1.17. The molecule has 2 saturated heterocycles. The summed E-state index contributed by atoms with van der Waals surface area (Å²) in [5.41, 5.74) is 11.2. The first kappa shape index (κ1) is 34.1. The van der Waals surface area contributed by atoms with Gasteiger partial charge in [0.15, 0.2) is 5.13 Å². The number of hydrogen-bond acceptors (Lipinski definition) is 9. The van der Waals surface area contributed by atoms with E-state index in [1.807, 2.05) is 58.8 Å². The van der Waals surface area contributed by atoms with Crippen LogP contribution in [0, 0.1) is 0 Å². The number of nitrogens with one attached hydrogen (secondary N) is 3. The number of carbonyl (C=O) groups is 3. The molecule has 3 amide bonds. The fourth-order valence-electron chi connectivity index (χ4n) is 8.02. The van der Waals surface area contributed by atoms with Gasteiger partial charge >= 0.3 is 0 Å². The van der Waals surface area contributed by atoms with E-state index in [1.165, 1.54) is 16.9 Å². The van der Waals surface area contributed by atoms with Crippen molar-refractivity contribution in [3.8, 4) is 22.5 Å². The van der Waals surface area contributed by atoms with Gasteiger partial charge in [-0.2, -0.15) is 0 Å². The molecule has 1 aliphatic carbocycles. The molecule has 0 unspecified atom stereocenters. The summed E-state index contributed by atoms with van der Waals surface area (Å²) in [6.45, 7) is 3.30. The summed E-state index contributed by atoms with van der Waals surface area (Å²) < 4.78 is 13.1. The van der Waals surface area contributed by atoms with E-state index in [0.29, 0.717) is 61.6 Å². The number of nitrogens with zero attached hydrogens (tertiary/aromatic N) is 3. The van der Waals surface area contributed by atoms with Crippen LogP contribution in [-0.4, -0.2) is 77.1 Å². The molecular weight excluding hydrogens is 679 g/mol. The zero-order valence-corrected chi connectivity index (χ0v) is 29.8. The molecule has 1 atom stereocenters. The van der Waals surface area contributed by atoms with Crippen LogP contribution >= 0.6 is 11.3 Å². The van der Waals surface area contributed by atoms with Crippen molar-refractivity contribution in [2.75, 3.05) is 50.4 Å². The molecule has 2 aliphatic heterocycles. The van der Waals surface area contributed by atoms with Crippen LogP contribution < -0.4 is 21.7 Å². The molecule has 2 aromatic carbocycles. The maximum Gasteiger partial charge on any atom is 0.252 e. The lowest BCUT2D eigenvalue weighted by molar-refractivity contribution is -0.135. The maximum absolute atomic E-state index is 14.2. The number of aromatic nitrogens is 2. The minimum Gasteiger partial charge on any atom is -0.472 e. The SMILES string of the molecule is Nc1nc(-c2ccc(NC(=O)[C@]3(NC(=O)c4ccc5c(C6CCCC6)c(-c6ccoc6)n(CC(=O)N6CCOCC6)c5c4)CCCNC3)cc2)cs1. The molecule has 0 spiro atoms. The maximum atomic E-state index is 14.2. The standard InChI is InChI=1S/C39H43N7O5S/c40-38-43-31(23-52-38)25-6-9-29(10-7-25)42-37(49)39(13-3-14-41-24-39)44-36(48)27-8-11-30-32(20-27)46(21-33(47)45-15-18-50-19-16-45)35(28-12-17-51-22-28)34(30)26-4-1-2-5-26/h6-12,17,20,22-23,26,41H,1-5,13-16,18-19,21,24H2,(H2,40,43)(H,42,49)(H,44,48)/t39-/m0/s1. The Hall–Kier alpha value is -4.98. The number of nitrogen functional groups attached to an aromatic ring is 1. The predicted molar refractivity (Wildman–Crippen MR) is 201 cm³/mol. The number of ether oxygens (including phenoxy) is 1. The third-order valence-electron chi connectivity index (χ3n) is 10.7. The van der Waals surface area contributed by atoms with Crippen LogP contribution in [0.15, 0.2) is 70.9 Å². The average Bonchev–Trinajstić information content (AvgIpc) is 4.01. The van der Waals surface area contributed by atoms with Gasteiger partial charge < -0.3 is 40.3 Å². The van der Waals surface area contributed by atoms with Crippen molar-refractivity contribution in [1.82, 2.24) is 25.1 Å². The molecule has 52 heavy (non-hydrogen) atoms. The summed E-state index contributed by atoms with van der Waals surface area (Å²) in [7, 11) is 0. The molecule has 270 valence electrons. The number of amides is 3. The van der Waals surface area contributed by atoms with E-state index in [4.69, 9.17) is 14.9 Å². The zero-order chi connectivity index (χ0) is 35.7. The van der Waals surface area contributed by atoms with E-state index >= 15 is 0 Å². The first-order valence-corrected chi connectivity index (χ1v) is 19.0. The van der Waals surface area contributed by atoms with Gasteiger partial charge in [0.05, 0.1) is 42.6 Å². The Morgan fingerprint density at radius 2 is 1.83 bits per heavy atom. The fraction of sp³-hybridized carbons (Fsp3) is 0.385. The van der Waals surface area contributed by atoms with Gasteiger partial charge in [-0.1, -0.05) is 31.0 Å². The van der Waals surface area contributed by atoms with Crippen molar-refractivity contribution in [2.45, 2.75) is 56.5 Å². The molecule has 0 bridgehead atoms. The Labute approximate surface area is 305 Å². The molecule has 8 rings (SSSR count).